The lowest BCUT2D eigenvalue weighted by Crippen LogP contribution is -2.01. The van der Waals surface area contributed by atoms with Gasteiger partial charge in [-0.1, -0.05) is 127 Å². The lowest BCUT2D eigenvalue weighted by atomic mass is 10.0. The summed E-state index contributed by atoms with van der Waals surface area (Å²) in [5.41, 5.74) is 6.42. The molecule has 0 unspecified atom stereocenters. The van der Waals surface area contributed by atoms with Gasteiger partial charge in [0.2, 0.25) is 0 Å². The van der Waals surface area contributed by atoms with Crippen molar-refractivity contribution in [2.24, 2.45) is 0 Å². The zero-order chi connectivity index (χ0) is 34.2. The Labute approximate surface area is 302 Å². The summed E-state index contributed by atoms with van der Waals surface area (Å²) >= 11 is 1.83. The molecule has 0 N–H and O–H groups in total. The molecule has 0 aliphatic heterocycles. The van der Waals surface area contributed by atoms with Gasteiger partial charge in [0, 0.05) is 42.9 Å². The van der Waals surface area contributed by atoms with E-state index in [-0.39, 0.29) is 0 Å². The van der Waals surface area contributed by atoms with E-state index in [2.05, 4.69) is 138 Å². The van der Waals surface area contributed by atoms with Crippen molar-refractivity contribution in [3.63, 3.8) is 0 Å². The Bertz CT molecular complexity index is 3030. The van der Waals surface area contributed by atoms with Crippen LogP contribution in [0.2, 0.25) is 0 Å². The first-order chi connectivity index (χ1) is 25.8. The smallest absolute Gasteiger partial charge is 0.164 e. The zero-order valence-corrected chi connectivity index (χ0v) is 28.7. The van der Waals surface area contributed by atoms with E-state index in [1.807, 2.05) is 47.7 Å². The van der Waals surface area contributed by atoms with Crippen LogP contribution in [0.1, 0.15) is 0 Å². The van der Waals surface area contributed by atoms with Gasteiger partial charge < -0.3 is 4.57 Å². The molecular formula is C47H28N4S. The molecule has 52 heavy (non-hydrogen) atoms. The van der Waals surface area contributed by atoms with Crippen LogP contribution in [-0.4, -0.2) is 19.5 Å². The van der Waals surface area contributed by atoms with Crippen molar-refractivity contribution in [1.82, 2.24) is 19.5 Å². The molecule has 242 valence electrons. The van der Waals surface area contributed by atoms with Gasteiger partial charge in [0.15, 0.2) is 17.5 Å². The molecule has 5 heteroatoms. The van der Waals surface area contributed by atoms with Crippen LogP contribution in [-0.2, 0) is 0 Å². The van der Waals surface area contributed by atoms with Crippen molar-refractivity contribution in [3.05, 3.63) is 170 Å². The van der Waals surface area contributed by atoms with E-state index in [4.69, 9.17) is 15.0 Å². The lowest BCUT2D eigenvalue weighted by molar-refractivity contribution is 1.08. The largest absolute Gasteiger partial charge is 0.308 e. The van der Waals surface area contributed by atoms with Gasteiger partial charge in [0.05, 0.1) is 21.4 Å². The first kappa shape index (κ1) is 29.1. The van der Waals surface area contributed by atoms with Crippen molar-refractivity contribution >= 4 is 74.9 Å². The minimum Gasteiger partial charge on any atom is -0.308 e. The van der Waals surface area contributed by atoms with Gasteiger partial charge in [-0.25, -0.2) is 15.0 Å². The SMILES string of the molecule is c1ccc(-c2nc(-c3ccccc3)nc(-c3ccc(-n4c5cc6ccccc6cc5c5cc6ccccc6cc54)c4sc5ccccc5c34)n2)cc1. The lowest BCUT2D eigenvalue weighted by Gasteiger charge is -2.14. The number of benzene rings is 8. The van der Waals surface area contributed by atoms with Gasteiger partial charge >= 0.3 is 0 Å². The van der Waals surface area contributed by atoms with Crippen LogP contribution in [0, 0.1) is 0 Å². The summed E-state index contributed by atoms with van der Waals surface area (Å²) in [6.07, 6.45) is 0. The Kier molecular flexibility index (Phi) is 6.39. The summed E-state index contributed by atoms with van der Waals surface area (Å²) in [6.45, 7) is 0. The summed E-state index contributed by atoms with van der Waals surface area (Å²) in [7, 11) is 0. The van der Waals surface area contributed by atoms with Crippen molar-refractivity contribution in [2.45, 2.75) is 0 Å². The molecule has 0 saturated heterocycles. The predicted molar refractivity (Wildman–Crippen MR) is 218 cm³/mol. The first-order valence-corrected chi connectivity index (χ1v) is 18.3. The molecule has 0 fully saturated rings. The maximum atomic E-state index is 5.17. The fourth-order valence-corrected chi connectivity index (χ4v) is 8.99. The zero-order valence-electron chi connectivity index (χ0n) is 27.9. The number of hydrogen-bond acceptors (Lipinski definition) is 4. The maximum absolute atomic E-state index is 5.17. The summed E-state index contributed by atoms with van der Waals surface area (Å²) in [5.74, 6) is 1.97. The number of aromatic nitrogens is 4. The fraction of sp³-hybridized carbons (Fsp3) is 0. The highest BCUT2D eigenvalue weighted by Crippen LogP contribution is 2.45. The van der Waals surface area contributed by atoms with Crippen LogP contribution in [0.4, 0.5) is 0 Å². The van der Waals surface area contributed by atoms with Crippen molar-refractivity contribution in [2.75, 3.05) is 0 Å². The van der Waals surface area contributed by atoms with Crippen LogP contribution < -0.4 is 0 Å². The minimum absolute atomic E-state index is 0.655. The third-order valence-electron chi connectivity index (χ3n) is 10.2. The molecule has 3 heterocycles. The third-order valence-corrected chi connectivity index (χ3v) is 11.4. The monoisotopic (exact) mass is 680 g/mol. The second-order valence-electron chi connectivity index (χ2n) is 13.2. The molecule has 0 spiro atoms. The Balaban J connectivity index is 1.25. The fourth-order valence-electron chi connectivity index (χ4n) is 7.75. The molecule has 8 aromatic carbocycles. The quantitative estimate of drug-likeness (QED) is 0.186. The average molecular weight is 681 g/mol. The van der Waals surface area contributed by atoms with Gasteiger partial charge in [-0.15, -0.1) is 11.3 Å². The molecule has 0 amide bonds. The van der Waals surface area contributed by atoms with Crippen LogP contribution in [0.5, 0.6) is 0 Å². The molecular weight excluding hydrogens is 653 g/mol. The van der Waals surface area contributed by atoms with E-state index in [1.54, 1.807) is 0 Å². The van der Waals surface area contributed by atoms with Gasteiger partial charge in [-0.2, -0.15) is 0 Å². The Morgan fingerprint density at radius 3 is 1.46 bits per heavy atom. The molecule has 0 saturated carbocycles. The number of nitrogens with zero attached hydrogens (tertiary/aromatic N) is 4. The third kappa shape index (κ3) is 4.50. The molecule has 3 aromatic heterocycles. The highest BCUT2D eigenvalue weighted by Gasteiger charge is 2.22. The summed E-state index contributed by atoms with van der Waals surface area (Å²) in [4.78, 5) is 15.3. The number of rotatable bonds is 4. The molecule has 0 radical (unpaired) electrons. The molecule has 0 aliphatic rings. The van der Waals surface area contributed by atoms with E-state index in [9.17, 15) is 0 Å². The average Bonchev–Trinajstić information content (AvgIpc) is 3.75. The second kappa shape index (κ2) is 11.4. The molecule has 0 atom stereocenters. The van der Waals surface area contributed by atoms with E-state index >= 15 is 0 Å². The molecule has 0 aliphatic carbocycles. The van der Waals surface area contributed by atoms with Gasteiger partial charge in [-0.3, -0.25) is 0 Å². The van der Waals surface area contributed by atoms with Crippen molar-refractivity contribution in [1.29, 1.82) is 0 Å². The maximum Gasteiger partial charge on any atom is 0.164 e. The number of hydrogen-bond donors (Lipinski definition) is 0. The Morgan fingerprint density at radius 2 is 0.885 bits per heavy atom. The topological polar surface area (TPSA) is 43.6 Å². The highest BCUT2D eigenvalue weighted by atomic mass is 32.1. The van der Waals surface area contributed by atoms with Crippen LogP contribution in [0.3, 0.4) is 0 Å². The predicted octanol–water partition coefficient (Wildman–Crippen LogP) is 12.6. The molecule has 0 bridgehead atoms. The van der Waals surface area contributed by atoms with Gasteiger partial charge in [0.25, 0.3) is 0 Å². The number of thiophene rings is 1. The standard InChI is InChI=1S/C47H28N4S/c1-3-13-29(14-4-1)45-48-46(30-15-5-2-6-16-30)50-47(49-45)36-23-24-39(44-43(36)35-21-11-12-22-42(35)52-44)51-40-27-33-19-9-7-17-31(33)25-37(40)38-26-32-18-8-10-20-34(32)28-41(38)51/h1-28H. The van der Waals surface area contributed by atoms with E-state index in [0.29, 0.717) is 17.5 Å². The van der Waals surface area contributed by atoms with E-state index in [0.717, 1.165) is 27.8 Å². The minimum atomic E-state index is 0.655. The second-order valence-corrected chi connectivity index (χ2v) is 14.3. The first-order valence-electron chi connectivity index (χ1n) is 17.4. The molecule has 4 nitrogen and oxygen atoms in total. The van der Waals surface area contributed by atoms with Gasteiger partial charge in [-0.05, 0) is 64.0 Å². The van der Waals surface area contributed by atoms with Crippen molar-refractivity contribution < 1.29 is 0 Å². The summed E-state index contributed by atoms with van der Waals surface area (Å²) < 4.78 is 4.90. The Morgan fingerprint density at radius 1 is 0.404 bits per heavy atom. The van der Waals surface area contributed by atoms with Crippen LogP contribution in [0.25, 0.3) is 103 Å². The molecule has 11 rings (SSSR count). The van der Waals surface area contributed by atoms with Crippen molar-refractivity contribution in [3.8, 4) is 39.9 Å². The Hall–Kier alpha value is -6.69. The number of fused-ring (bicyclic) bond motifs is 8. The van der Waals surface area contributed by atoms with E-state index in [1.165, 1.54) is 58.1 Å². The normalized spacial score (nSPS) is 11.8. The highest BCUT2D eigenvalue weighted by molar-refractivity contribution is 7.26. The van der Waals surface area contributed by atoms with E-state index < -0.39 is 0 Å². The van der Waals surface area contributed by atoms with Gasteiger partial charge in [0.1, 0.15) is 0 Å². The summed E-state index contributed by atoms with van der Waals surface area (Å²) in [5, 5.41) is 9.76. The molecule has 11 aromatic rings. The summed E-state index contributed by atoms with van der Waals surface area (Å²) in [6, 6.07) is 60.3. The van der Waals surface area contributed by atoms with Crippen LogP contribution >= 0.6 is 11.3 Å². The van der Waals surface area contributed by atoms with Crippen LogP contribution in [0.15, 0.2) is 170 Å².